The van der Waals surface area contributed by atoms with Gasteiger partial charge in [0.1, 0.15) is 0 Å². The SMILES string of the molecule is CC(=O)NC1CCC(NC2CCN(CC3CCCC3)C2)CC1. The Morgan fingerprint density at radius 1 is 0.955 bits per heavy atom. The largest absolute Gasteiger partial charge is 0.354 e. The Balaban J connectivity index is 1.33. The molecule has 4 heteroatoms. The van der Waals surface area contributed by atoms with Crippen molar-refractivity contribution in [3.8, 4) is 0 Å². The molecule has 0 aromatic heterocycles. The lowest BCUT2D eigenvalue weighted by atomic mass is 9.90. The third kappa shape index (κ3) is 4.69. The second-order valence-electron chi connectivity index (χ2n) is 7.81. The third-order valence-corrected chi connectivity index (χ3v) is 5.87. The Kier molecular flexibility index (Phi) is 5.75. The van der Waals surface area contributed by atoms with Crippen LogP contribution in [0, 0.1) is 5.92 Å². The number of carbonyl (C=O) groups is 1. The molecular weight excluding hydrogens is 274 g/mol. The number of hydrogen-bond acceptors (Lipinski definition) is 3. The number of hydrogen-bond donors (Lipinski definition) is 2. The quantitative estimate of drug-likeness (QED) is 0.819. The molecule has 1 atom stereocenters. The van der Waals surface area contributed by atoms with Crippen LogP contribution in [0.25, 0.3) is 0 Å². The minimum Gasteiger partial charge on any atom is -0.354 e. The Morgan fingerprint density at radius 3 is 2.32 bits per heavy atom. The second kappa shape index (κ2) is 7.78. The Morgan fingerprint density at radius 2 is 1.64 bits per heavy atom. The van der Waals surface area contributed by atoms with Crippen LogP contribution in [0.3, 0.4) is 0 Å². The summed E-state index contributed by atoms with van der Waals surface area (Å²) in [7, 11) is 0. The first kappa shape index (κ1) is 16.3. The molecule has 1 unspecified atom stereocenters. The molecule has 4 nitrogen and oxygen atoms in total. The molecule has 126 valence electrons. The van der Waals surface area contributed by atoms with Crippen molar-refractivity contribution in [1.29, 1.82) is 0 Å². The summed E-state index contributed by atoms with van der Waals surface area (Å²) in [6, 6.07) is 1.78. The molecule has 0 aromatic carbocycles. The van der Waals surface area contributed by atoms with Crippen LogP contribution in [-0.4, -0.2) is 48.6 Å². The highest BCUT2D eigenvalue weighted by molar-refractivity contribution is 5.73. The van der Waals surface area contributed by atoms with Gasteiger partial charge >= 0.3 is 0 Å². The van der Waals surface area contributed by atoms with E-state index in [-0.39, 0.29) is 5.91 Å². The summed E-state index contributed by atoms with van der Waals surface area (Å²) >= 11 is 0. The fraction of sp³-hybridized carbons (Fsp3) is 0.944. The van der Waals surface area contributed by atoms with Crippen LogP contribution in [0.5, 0.6) is 0 Å². The van der Waals surface area contributed by atoms with Gasteiger partial charge in [-0.1, -0.05) is 12.8 Å². The second-order valence-corrected chi connectivity index (χ2v) is 7.81. The average molecular weight is 307 g/mol. The first-order valence-electron chi connectivity index (χ1n) is 9.44. The van der Waals surface area contributed by atoms with Crippen molar-refractivity contribution in [1.82, 2.24) is 15.5 Å². The molecule has 22 heavy (non-hydrogen) atoms. The van der Waals surface area contributed by atoms with Crippen molar-refractivity contribution in [2.75, 3.05) is 19.6 Å². The van der Waals surface area contributed by atoms with Crippen LogP contribution in [0.4, 0.5) is 0 Å². The number of nitrogens with zero attached hydrogens (tertiary/aromatic N) is 1. The van der Waals surface area contributed by atoms with Crippen LogP contribution in [0.15, 0.2) is 0 Å². The summed E-state index contributed by atoms with van der Waals surface area (Å²) in [5.41, 5.74) is 0. The zero-order valence-electron chi connectivity index (χ0n) is 14.2. The molecule has 1 saturated heterocycles. The maximum Gasteiger partial charge on any atom is 0.217 e. The predicted molar refractivity (Wildman–Crippen MR) is 89.8 cm³/mol. The van der Waals surface area contributed by atoms with Crippen molar-refractivity contribution in [3.05, 3.63) is 0 Å². The number of likely N-dealkylation sites (tertiary alicyclic amines) is 1. The fourth-order valence-corrected chi connectivity index (χ4v) is 4.72. The van der Waals surface area contributed by atoms with E-state index in [2.05, 4.69) is 15.5 Å². The molecule has 0 bridgehead atoms. The molecule has 1 heterocycles. The van der Waals surface area contributed by atoms with E-state index in [1.165, 1.54) is 64.6 Å². The van der Waals surface area contributed by atoms with Gasteiger partial charge in [-0.15, -0.1) is 0 Å². The monoisotopic (exact) mass is 307 g/mol. The molecule has 2 saturated carbocycles. The smallest absolute Gasteiger partial charge is 0.217 e. The first-order chi connectivity index (χ1) is 10.7. The average Bonchev–Trinajstić information content (AvgIpc) is 3.13. The summed E-state index contributed by atoms with van der Waals surface area (Å²) in [6.07, 6.45) is 11.8. The van der Waals surface area contributed by atoms with Gasteiger partial charge < -0.3 is 15.5 Å². The van der Waals surface area contributed by atoms with Gasteiger partial charge in [-0.3, -0.25) is 4.79 Å². The van der Waals surface area contributed by atoms with Gasteiger partial charge in [0.05, 0.1) is 0 Å². The van der Waals surface area contributed by atoms with Crippen molar-refractivity contribution in [2.45, 2.75) is 82.8 Å². The highest BCUT2D eigenvalue weighted by Crippen LogP contribution is 2.27. The molecule has 1 aliphatic heterocycles. The van der Waals surface area contributed by atoms with Crippen LogP contribution < -0.4 is 10.6 Å². The third-order valence-electron chi connectivity index (χ3n) is 5.87. The normalized spacial score (nSPS) is 34.1. The molecule has 3 aliphatic rings. The predicted octanol–water partition coefficient (Wildman–Crippen LogP) is 2.29. The lowest BCUT2D eigenvalue weighted by Crippen LogP contribution is -2.45. The van der Waals surface area contributed by atoms with Gasteiger partial charge in [0.2, 0.25) is 5.91 Å². The number of amides is 1. The van der Waals surface area contributed by atoms with Crippen LogP contribution in [0.1, 0.15) is 64.7 Å². The molecule has 0 spiro atoms. The van der Waals surface area contributed by atoms with E-state index in [0.717, 1.165) is 18.8 Å². The summed E-state index contributed by atoms with van der Waals surface area (Å²) in [5.74, 6) is 1.10. The Hall–Kier alpha value is -0.610. The van der Waals surface area contributed by atoms with Gasteiger partial charge in [-0.05, 0) is 57.4 Å². The number of rotatable bonds is 5. The van der Waals surface area contributed by atoms with E-state index in [4.69, 9.17) is 0 Å². The van der Waals surface area contributed by atoms with Crippen LogP contribution >= 0.6 is 0 Å². The van der Waals surface area contributed by atoms with E-state index in [1.54, 1.807) is 6.92 Å². The van der Waals surface area contributed by atoms with E-state index >= 15 is 0 Å². The van der Waals surface area contributed by atoms with Gasteiger partial charge in [0, 0.05) is 38.1 Å². The molecular formula is C18H33N3O. The number of carbonyl (C=O) groups excluding carboxylic acids is 1. The van der Waals surface area contributed by atoms with Crippen molar-refractivity contribution in [3.63, 3.8) is 0 Å². The summed E-state index contributed by atoms with van der Waals surface area (Å²) < 4.78 is 0. The summed E-state index contributed by atoms with van der Waals surface area (Å²) in [4.78, 5) is 13.8. The molecule has 2 N–H and O–H groups in total. The molecule has 1 amide bonds. The van der Waals surface area contributed by atoms with Crippen molar-refractivity contribution in [2.24, 2.45) is 5.92 Å². The van der Waals surface area contributed by atoms with Gasteiger partial charge in [-0.25, -0.2) is 0 Å². The maximum atomic E-state index is 11.1. The van der Waals surface area contributed by atoms with Gasteiger partial charge in [0.25, 0.3) is 0 Å². The van der Waals surface area contributed by atoms with Crippen molar-refractivity contribution < 1.29 is 4.79 Å². The molecule has 3 rings (SSSR count). The topological polar surface area (TPSA) is 44.4 Å². The number of nitrogens with one attached hydrogen (secondary N) is 2. The van der Waals surface area contributed by atoms with E-state index < -0.39 is 0 Å². The van der Waals surface area contributed by atoms with E-state index in [0.29, 0.717) is 18.1 Å². The Labute approximate surface area is 135 Å². The first-order valence-corrected chi connectivity index (χ1v) is 9.44. The molecule has 2 aliphatic carbocycles. The van der Waals surface area contributed by atoms with Gasteiger partial charge in [0.15, 0.2) is 0 Å². The summed E-state index contributed by atoms with van der Waals surface area (Å²) in [5, 5.41) is 6.96. The molecule has 0 aromatic rings. The minimum absolute atomic E-state index is 0.120. The highest BCUT2D eigenvalue weighted by Gasteiger charge is 2.29. The van der Waals surface area contributed by atoms with Crippen molar-refractivity contribution >= 4 is 5.91 Å². The zero-order chi connectivity index (χ0) is 15.4. The molecule has 3 fully saturated rings. The van der Waals surface area contributed by atoms with Crippen LogP contribution in [0.2, 0.25) is 0 Å². The fourth-order valence-electron chi connectivity index (χ4n) is 4.72. The van der Waals surface area contributed by atoms with Gasteiger partial charge in [-0.2, -0.15) is 0 Å². The Bertz CT molecular complexity index is 359. The molecule has 0 radical (unpaired) electrons. The lowest BCUT2D eigenvalue weighted by Gasteiger charge is -2.31. The maximum absolute atomic E-state index is 11.1. The standard InChI is InChI=1S/C18H33N3O/c1-14(22)19-16-6-8-17(9-7-16)20-18-10-11-21(13-18)12-15-4-2-3-5-15/h15-18,20H,2-13H2,1H3,(H,19,22). The van der Waals surface area contributed by atoms with E-state index in [1.807, 2.05) is 0 Å². The summed E-state index contributed by atoms with van der Waals surface area (Å²) in [6.45, 7) is 5.51. The van der Waals surface area contributed by atoms with Crippen LogP contribution in [-0.2, 0) is 4.79 Å². The minimum atomic E-state index is 0.120. The highest BCUT2D eigenvalue weighted by atomic mass is 16.1. The lowest BCUT2D eigenvalue weighted by molar-refractivity contribution is -0.119. The van der Waals surface area contributed by atoms with E-state index in [9.17, 15) is 4.79 Å². The zero-order valence-corrected chi connectivity index (χ0v) is 14.2.